The highest BCUT2D eigenvalue weighted by molar-refractivity contribution is 7.22. The van der Waals surface area contributed by atoms with Gasteiger partial charge < -0.3 is 10.1 Å². The normalized spacial score (nSPS) is 10.8. The van der Waals surface area contributed by atoms with Gasteiger partial charge in [-0.05, 0) is 37.6 Å². The summed E-state index contributed by atoms with van der Waals surface area (Å²) in [7, 11) is 0. The average molecular weight is 298 g/mol. The Morgan fingerprint density at radius 2 is 2.10 bits per heavy atom. The van der Waals surface area contributed by atoms with Crippen LogP contribution in [0.25, 0.3) is 10.2 Å². The molecule has 0 saturated carbocycles. The molecule has 0 aliphatic rings. The Hall–Kier alpha value is -2.07. The van der Waals surface area contributed by atoms with Gasteiger partial charge in [-0.15, -0.1) is 0 Å². The summed E-state index contributed by atoms with van der Waals surface area (Å²) in [5, 5.41) is 4.21. The Bertz CT molecular complexity index is 751. The molecule has 1 aromatic heterocycles. The molecule has 1 heterocycles. The number of thiazole rings is 1. The monoisotopic (exact) mass is 298 g/mol. The van der Waals surface area contributed by atoms with Gasteiger partial charge in [0.15, 0.2) is 5.13 Å². The maximum Gasteiger partial charge on any atom is 0.183 e. The Morgan fingerprint density at radius 1 is 1.19 bits per heavy atom. The second kappa shape index (κ2) is 6.14. The molecule has 0 aliphatic heterocycles. The summed E-state index contributed by atoms with van der Waals surface area (Å²) in [5.74, 6) is 0.885. The minimum Gasteiger partial charge on any atom is -0.489 e. The van der Waals surface area contributed by atoms with Crippen LogP contribution in [0.1, 0.15) is 18.1 Å². The minimum absolute atomic E-state index is 0.589. The van der Waals surface area contributed by atoms with E-state index in [4.69, 9.17) is 4.74 Å². The molecule has 3 nitrogen and oxygen atoms in total. The number of anilines is 1. The summed E-state index contributed by atoms with van der Waals surface area (Å²) in [6.45, 7) is 5.64. The number of fused-ring (bicyclic) bond motifs is 1. The summed E-state index contributed by atoms with van der Waals surface area (Å²) in [4.78, 5) is 4.53. The Labute approximate surface area is 128 Å². The van der Waals surface area contributed by atoms with Gasteiger partial charge in [-0.2, -0.15) is 0 Å². The molecule has 1 N–H and O–H groups in total. The molecule has 0 radical (unpaired) electrons. The summed E-state index contributed by atoms with van der Waals surface area (Å²) in [5.41, 5.74) is 3.45. The minimum atomic E-state index is 0.589. The largest absolute Gasteiger partial charge is 0.489 e. The van der Waals surface area contributed by atoms with Gasteiger partial charge in [0.05, 0.1) is 10.2 Å². The first-order valence-electron chi connectivity index (χ1n) is 7.07. The zero-order valence-corrected chi connectivity index (χ0v) is 13.0. The number of hydrogen-bond donors (Lipinski definition) is 1. The third-order valence-electron chi connectivity index (χ3n) is 3.18. The Morgan fingerprint density at radius 3 is 2.90 bits per heavy atom. The lowest BCUT2D eigenvalue weighted by Crippen LogP contribution is -1.95. The number of ether oxygens (including phenoxy) is 1. The molecule has 3 aromatic rings. The van der Waals surface area contributed by atoms with E-state index in [1.54, 1.807) is 11.3 Å². The van der Waals surface area contributed by atoms with E-state index in [0.717, 1.165) is 27.6 Å². The van der Waals surface area contributed by atoms with Crippen LogP contribution in [0.15, 0.2) is 42.5 Å². The van der Waals surface area contributed by atoms with Crippen LogP contribution in [0.5, 0.6) is 5.75 Å². The lowest BCUT2D eigenvalue weighted by atomic mass is 10.1. The molecule has 2 aromatic carbocycles. The molecular formula is C17H18N2OS. The van der Waals surface area contributed by atoms with Crippen LogP contribution in [-0.4, -0.2) is 11.5 Å². The summed E-state index contributed by atoms with van der Waals surface area (Å²) in [6, 6.07) is 14.4. The molecular weight excluding hydrogens is 280 g/mol. The second-order valence-corrected chi connectivity index (χ2v) is 5.99. The van der Waals surface area contributed by atoms with Crippen molar-refractivity contribution in [3.63, 3.8) is 0 Å². The van der Waals surface area contributed by atoms with Gasteiger partial charge in [-0.1, -0.05) is 41.2 Å². The lowest BCUT2D eigenvalue weighted by molar-refractivity contribution is 0.306. The fraction of sp³-hybridized carbons (Fsp3) is 0.235. The van der Waals surface area contributed by atoms with Crippen LogP contribution in [0.3, 0.4) is 0 Å². The predicted molar refractivity (Wildman–Crippen MR) is 89.3 cm³/mol. The third-order valence-corrected chi connectivity index (χ3v) is 4.15. The number of aromatic nitrogens is 1. The van der Waals surface area contributed by atoms with Crippen molar-refractivity contribution in [3.05, 3.63) is 53.6 Å². The predicted octanol–water partition coefficient (Wildman–Crippen LogP) is 4.62. The highest BCUT2D eigenvalue weighted by Crippen LogP contribution is 2.29. The van der Waals surface area contributed by atoms with E-state index in [-0.39, 0.29) is 0 Å². The first-order valence-corrected chi connectivity index (χ1v) is 7.89. The van der Waals surface area contributed by atoms with Gasteiger partial charge in [0, 0.05) is 6.54 Å². The van der Waals surface area contributed by atoms with Gasteiger partial charge in [0.2, 0.25) is 0 Å². The highest BCUT2D eigenvalue weighted by Gasteiger charge is 2.05. The van der Waals surface area contributed by atoms with E-state index >= 15 is 0 Å². The van der Waals surface area contributed by atoms with Crippen LogP contribution in [0, 0.1) is 6.92 Å². The van der Waals surface area contributed by atoms with Gasteiger partial charge in [-0.3, -0.25) is 0 Å². The number of benzene rings is 2. The molecule has 0 atom stereocenters. The maximum absolute atomic E-state index is 5.88. The van der Waals surface area contributed by atoms with E-state index in [1.807, 2.05) is 12.1 Å². The molecule has 3 rings (SSSR count). The highest BCUT2D eigenvalue weighted by atomic mass is 32.1. The molecule has 4 heteroatoms. The molecule has 0 spiro atoms. The van der Waals surface area contributed by atoms with E-state index in [9.17, 15) is 0 Å². The Kier molecular flexibility index (Phi) is 4.06. The smallest absolute Gasteiger partial charge is 0.183 e. The zero-order valence-electron chi connectivity index (χ0n) is 12.2. The molecule has 108 valence electrons. The van der Waals surface area contributed by atoms with E-state index in [0.29, 0.717) is 6.61 Å². The average Bonchev–Trinajstić information content (AvgIpc) is 2.87. The fourth-order valence-electron chi connectivity index (χ4n) is 2.19. The van der Waals surface area contributed by atoms with Crippen molar-refractivity contribution in [1.82, 2.24) is 4.98 Å². The van der Waals surface area contributed by atoms with E-state index in [2.05, 4.69) is 54.5 Å². The van der Waals surface area contributed by atoms with Crippen LogP contribution in [0.4, 0.5) is 5.13 Å². The van der Waals surface area contributed by atoms with Crippen molar-refractivity contribution in [1.29, 1.82) is 0 Å². The molecule has 0 aliphatic carbocycles. The molecule has 21 heavy (non-hydrogen) atoms. The maximum atomic E-state index is 5.88. The van der Waals surface area contributed by atoms with Crippen LogP contribution in [-0.2, 0) is 6.61 Å². The first-order chi connectivity index (χ1) is 10.2. The molecule has 0 amide bonds. The van der Waals surface area contributed by atoms with Crippen molar-refractivity contribution in [2.75, 3.05) is 11.9 Å². The number of hydrogen-bond acceptors (Lipinski definition) is 4. The number of rotatable bonds is 5. The third kappa shape index (κ3) is 3.34. The van der Waals surface area contributed by atoms with Crippen LogP contribution in [0.2, 0.25) is 0 Å². The van der Waals surface area contributed by atoms with Crippen molar-refractivity contribution in [3.8, 4) is 5.75 Å². The summed E-state index contributed by atoms with van der Waals surface area (Å²) in [6.07, 6.45) is 0. The van der Waals surface area contributed by atoms with Gasteiger partial charge in [0.25, 0.3) is 0 Å². The SMILES string of the molecule is CCNc1nc2ccc(OCc3cccc(C)c3)cc2s1. The lowest BCUT2D eigenvalue weighted by Gasteiger charge is -2.06. The molecule has 0 unspecified atom stereocenters. The number of nitrogens with one attached hydrogen (secondary N) is 1. The van der Waals surface area contributed by atoms with Crippen molar-refractivity contribution in [2.24, 2.45) is 0 Å². The van der Waals surface area contributed by atoms with Crippen LogP contribution >= 0.6 is 11.3 Å². The quantitative estimate of drug-likeness (QED) is 0.746. The van der Waals surface area contributed by atoms with E-state index in [1.165, 1.54) is 11.1 Å². The molecule has 0 saturated heterocycles. The summed E-state index contributed by atoms with van der Waals surface area (Å²) < 4.78 is 7.03. The molecule has 0 fully saturated rings. The van der Waals surface area contributed by atoms with Gasteiger partial charge in [0.1, 0.15) is 12.4 Å². The summed E-state index contributed by atoms with van der Waals surface area (Å²) >= 11 is 1.66. The van der Waals surface area contributed by atoms with Gasteiger partial charge >= 0.3 is 0 Å². The Balaban J connectivity index is 1.74. The van der Waals surface area contributed by atoms with Crippen molar-refractivity contribution < 1.29 is 4.74 Å². The molecule has 0 bridgehead atoms. The fourth-order valence-corrected chi connectivity index (χ4v) is 3.15. The zero-order chi connectivity index (χ0) is 14.7. The van der Waals surface area contributed by atoms with E-state index < -0.39 is 0 Å². The standard InChI is InChI=1S/C17H18N2OS/c1-3-18-17-19-15-8-7-14(10-16(15)21-17)20-11-13-6-4-5-12(2)9-13/h4-10H,3,11H2,1-2H3,(H,18,19). The first kappa shape index (κ1) is 13.9. The topological polar surface area (TPSA) is 34.2 Å². The van der Waals surface area contributed by atoms with Gasteiger partial charge in [-0.25, -0.2) is 4.98 Å². The number of nitrogens with zero attached hydrogens (tertiary/aromatic N) is 1. The number of aryl methyl sites for hydroxylation is 1. The van der Waals surface area contributed by atoms with Crippen molar-refractivity contribution in [2.45, 2.75) is 20.5 Å². The van der Waals surface area contributed by atoms with Crippen LogP contribution < -0.4 is 10.1 Å². The van der Waals surface area contributed by atoms with Crippen molar-refractivity contribution >= 4 is 26.7 Å². The second-order valence-electron chi connectivity index (χ2n) is 4.96.